The first-order valence-corrected chi connectivity index (χ1v) is 12.2. The van der Waals surface area contributed by atoms with Crippen LogP contribution in [0.4, 0.5) is 0 Å². The molecule has 0 fully saturated rings. The molecule has 0 bridgehead atoms. The highest BCUT2D eigenvalue weighted by atomic mass is 32.2. The van der Waals surface area contributed by atoms with Gasteiger partial charge in [0.25, 0.3) is 0 Å². The Morgan fingerprint density at radius 3 is 2.09 bits per heavy atom. The topological polar surface area (TPSA) is 235 Å². The Morgan fingerprint density at radius 1 is 1.03 bits per heavy atom. The Bertz CT molecular complexity index is 691. The summed E-state index contributed by atoms with van der Waals surface area (Å²) in [5, 5.41) is 25.8. The number of hydrogen-bond donors (Lipinski definition) is 9. The van der Waals surface area contributed by atoms with Crippen LogP contribution < -0.4 is 33.2 Å². The SMILES string of the molecule is CSCCC(N)C(=O)NC(CCCN=C(N)N)C(=O)NC(CS)C(=O)NC(C(=O)O)C(C)O. The lowest BCUT2D eigenvalue weighted by Crippen LogP contribution is -2.58. The summed E-state index contributed by atoms with van der Waals surface area (Å²) in [7, 11) is 0. The van der Waals surface area contributed by atoms with Crippen LogP contribution in [-0.2, 0) is 19.2 Å². The van der Waals surface area contributed by atoms with Crippen molar-refractivity contribution in [3.05, 3.63) is 0 Å². The third-order valence-corrected chi connectivity index (χ3v) is 5.42. The van der Waals surface area contributed by atoms with Gasteiger partial charge in [0.1, 0.15) is 12.1 Å². The first kappa shape index (κ1) is 30.8. The van der Waals surface area contributed by atoms with Crippen molar-refractivity contribution in [3.63, 3.8) is 0 Å². The van der Waals surface area contributed by atoms with Crippen LogP contribution in [-0.4, -0.2) is 94.4 Å². The van der Waals surface area contributed by atoms with E-state index in [-0.39, 0.29) is 24.7 Å². The lowest BCUT2D eigenvalue weighted by atomic mass is 10.1. The maximum atomic E-state index is 12.8. The van der Waals surface area contributed by atoms with E-state index in [1.807, 2.05) is 6.26 Å². The minimum Gasteiger partial charge on any atom is -0.480 e. The van der Waals surface area contributed by atoms with Crippen molar-refractivity contribution in [1.29, 1.82) is 0 Å². The Labute approximate surface area is 202 Å². The van der Waals surface area contributed by atoms with Crippen molar-refractivity contribution in [1.82, 2.24) is 16.0 Å². The van der Waals surface area contributed by atoms with E-state index in [9.17, 15) is 24.3 Å². The molecule has 0 aromatic heterocycles. The van der Waals surface area contributed by atoms with Crippen LogP contribution >= 0.6 is 24.4 Å². The smallest absolute Gasteiger partial charge is 0.328 e. The number of thiol groups is 1. The van der Waals surface area contributed by atoms with Gasteiger partial charge in [-0.25, -0.2) is 4.79 Å². The maximum Gasteiger partial charge on any atom is 0.328 e. The van der Waals surface area contributed by atoms with Crippen molar-refractivity contribution >= 4 is 54.0 Å². The van der Waals surface area contributed by atoms with E-state index >= 15 is 0 Å². The van der Waals surface area contributed by atoms with E-state index in [1.54, 1.807) is 0 Å². The van der Waals surface area contributed by atoms with E-state index < -0.39 is 54.0 Å². The molecule has 0 saturated carbocycles. The van der Waals surface area contributed by atoms with E-state index in [0.29, 0.717) is 18.6 Å². The van der Waals surface area contributed by atoms with E-state index in [4.69, 9.17) is 22.3 Å². The number of guanidine groups is 1. The van der Waals surface area contributed by atoms with Gasteiger partial charge in [-0.1, -0.05) is 0 Å². The zero-order chi connectivity index (χ0) is 25.6. The van der Waals surface area contributed by atoms with Gasteiger partial charge in [0.15, 0.2) is 12.0 Å². The number of aliphatic imine (C=N–C) groups is 1. The van der Waals surface area contributed by atoms with Crippen LogP contribution in [0.15, 0.2) is 4.99 Å². The first-order valence-electron chi connectivity index (χ1n) is 10.2. The second-order valence-corrected chi connectivity index (χ2v) is 8.56. The summed E-state index contributed by atoms with van der Waals surface area (Å²) < 4.78 is 0. The number of carbonyl (C=O) groups excluding carboxylic acids is 3. The zero-order valence-electron chi connectivity index (χ0n) is 18.7. The number of aliphatic carboxylic acids is 1. The van der Waals surface area contributed by atoms with Gasteiger partial charge in [-0.3, -0.25) is 19.4 Å². The molecule has 0 rings (SSSR count). The van der Waals surface area contributed by atoms with Gasteiger partial charge in [0, 0.05) is 12.3 Å². The van der Waals surface area contributed by atoms with Crippen molar-refractivity contribution in [2.45, 2.75) is 56.5 Å². The Morgan fingerprint density at radius 2 is 1.61 bits per heavy atom. The normalized spacial score (nSPS) is 15.3. The molecule has 190 valence electrons. The number of carboxylic acids is 1. The molecule has 11 N–H and O–H groups in total. The second kappa shape index (κ2) is 16.4. The standard InChI is InChI=1S/C18H35N7O6S2/c1-9(26)13(17(30)31)25-16(29)12(8-32)24-15(28)11(4-3-6-22-18(20)21)23-14(27)10(19)5-7-33-2/h9-13,26,32H,3-8,19H2,1-2H3,(H,23,27)(H,24,28)(H,25,29)(H,30,31)(H4,20,21,22). The molecule has 0 heterocycles. The summed E-state index contributed by atoms with van der Waals surface area (Å²) >= 11 is 5.56. The van der Waals surface area contributed by atoms with Crippen LogP contribution in [0.25, 0.3) is 0 Å². The molecule has 0 aliphatic rings. The molecule has 15 heteroatoms. The fraction of sp³-hybridized carbons (Fsp3) is 0.722. The summed E-state index contributed by atoms with van der Waals surface area (Å²) in [6.07, 6.45) is 1.41. The highest BCUT2D eigenvalue weighted by Crippen LogP contribution is 2.04. The molecule has 5 unspecified atom stereocenters. The molecule has 0 aromatic rings. The van der Waals surface area contributed by atoms with Crippen molar-refractivity contribution in [3.8, 4) is 0 Å². The summed E-state index contributed by atoms with van der Waals surface area (Å²) in [6.45, 7) is 1.42. The summed E-state index contributed by atoms with van der Waals surface area (Å²) in [6, 6.07) is -4.66. The van der Waals surface area contributed by atoms with E-state index in [0.717, 1.165) is 0 Å². The molecule has 0 aliphatic carbocycles. The quantitative estimate of drug-likeness (QED) is 0.0441. The number of carboxylic acid groups (broad SMARTS) is 1. The summed E-state index contributed by atoms with van der Waals surface area (Å²) in [5.74, 6) is -3.13. The van der Waals surface area contributed by atoms with E-state index in [2.05, 4.69) is 33.6 Å². The highest BCUT2D eigenvalue weighted by Gasteiger charge is 2.31. The molecule has 0 spiro atoms. The van der Waals surface area contributed by atoms with Gasteiger partial charge in [0.2, 0.25) is 17.7 Å². The minimum atomic E-state index is -1.57. The molecule has 0 aromatic carbocycles. The number of amides is 3. The molecule has 0 aliphatic heterocycles. The first-order chi connectivity index (χ1) is 15.4. The fourth-order valence-corrected chi connectivity index (χ4v) is 3.28. The molecule has 5 atom stereocenters. The predicted molar refractivity (Wildman–Crippen MR) is 130 cm³/mol. The average molecular weight is 510 g/mol. The minimum absolute atomic E-state index is 0.114. The lowest BCUT2D eigenvalue weighted by Gasteiger charge is -2.25. The second-order valence-electron chi connectivity index (χ2n) is 7.21. The average Bonchev–Trinajstić information content (AvgIpc) is 2.74. The van der Waals surface area contributed by atoms with Gasteiger partial charge >= 0.3 is 5.97 Å². The molecule has 0 saturated heterocycles. The number of thioether (sulfide) groups is 1. The van der Waals surface area contributed by atoms with Gasteiger partial charge in [-0.05, 0) is 38.2 Å². The number of nitrogens with zero attached hydrogens (tertiary/aromatic N) is 1. The Balaban J connectivity index is 5.31. The van der Waals surface area contributed by atoms with Crippen LogP contribution in [0, 0.1) is 0 Å². The molecule has 0 radical (unpaired) electrons. The number of rotatable bonds is 16. The largest absolute Gasteiger partial charge is 0.480 e. The fourth-order valence-electron chi connectivity index (χ4n) is 2.54. The van der Waals surface area contributed by atoms with Crippen LogP contribution in [0.5, 0.6) is 0 Å². The monoisotopic (exact) mass is 509 g/mol. The number of aliphatic hydroxyl groups excluding tert-OH is 1. The Kier molecular flexibility index (Phi) is 15.3. The van der Waals surface area contributed by atoms with Gasteiger partial charge in [-0.15, -0.1) is 0 Å². The summed E-state index contributed by atoms with van der Waals surface area (Å²) in [4.78, 5) is 52.7. The number of carbonyl (C=O) groups is 4. The number of nitrogens with two attached hydrogens (primary N) is 3. The number of aliphatic hydroxyl groups is 1. The Hall–Kier alpha value is -2.23. The highest BCUT2D eigenvalue weighted by molar-refractivity contribution is 7.98. The molecular formula is C18H35N7O6S2. The number of nitrogens with one attached hydrogen (secondary N) is 3. The van der Waals surface area contributed by atoms with Crippen molar-refractivity contribution < 1.29 is 29.4 Å². The number of hydrogen-bond acceptors (Lipinski definition) is 9. The predicted octanol–water partition coefficient (Wildman–Crippen LogP) is -3.03. The molecule has 3 amide bonds. The molecular weight excluding hydrogens is 474 g/mol. The molecule has 13 nitrogen and oxygen atoms in total. The third kappa shape index (κ3) is 12.6. The van der Waals surface area contributed by atoms with Crippen molar-refractivity contribution in [2.75, 3.05) is 24.3 Å². The van der Waals surface area contributed by atoms with Crippen LogP contribution in [0.1, 0.15) is 26.2 Å². The van der Waals surface area contributed by atoms with Crippen LogP contribution in [0.2, 0.25) is 0 Å². The lowest BCUT2D eigenvalue weighted by molar-refractivity contribution is -0.145. The third-order valence-electron chi connectivity index (χ3n) is 4.41. The van der Waals surface area contributed by atoms with Gasteiger partial charge in [0.05, 0.1) is 12.1 Å². The molecule has 33 heavy (non-hydrogen) atoms. The zero-order valence-corrected chi connectivity index (χ0v) is 20.4. The van der Waals surface area contributed by atoms with Crippen LogP contribution in [0.3, 0.4) is 0 Å². The maximum absolute atomic E-state index is 12.8. The summed E-state index contributed by atoms with van der Waals surface area (Å²) in [5.41, 5.74) is 16.4. The van der Waals surface area contributed by atoms with E-state index in [1.165, 1.54) is 18.7 Å². The van der Waals surface area contributed by atoms with Gasteiger partial charge in [-0.2, -0.15) is 24.4 Å². The van der Waals surface area contributed by atoms with Gasteiger partial charge < -0.3 is 43.4 Å². The van der Waals surface area contributed by atoms with Crippen molar-refractivity contribution in [2.24, 2.45) is 22.2 Å².